The summed E-state index contributed by atoms with van der Waals surface area (Å²) >= 11 is 0. The van der Waals surface area contributed by atoms with Crippen LogP contribution in [0.25, 0.3) is 10.9 Å². The third kappa shape index (κ3) is 4.11. The van der Waals surface area contributed by atoms with E-state index in [1.165, 1.54) is 5.56 Å². The molecule has 5 heteroatoms. The molecule has 1 heterocycles. The minimum atomic E-state index is -0.904. The number of fused-ring (bicyclic) bond motifs is 1. The van der Waals surface area contributed by atoms with E-state index in [1.807, 2.05) is 65.2 Å². The molecule has 0 atom stereocenters. The van der Waals surface area contributed by atoms with Gasteiger partial charge in [-0.15, -0.1) is 0 Å². The van der Waals surface area contributed by atoms with Crippen molar-refractivity contribution in [2.24, 2.45) is 0 Å². The third-order valence-electron chi connectivity index (χ3n) is 4.53. The van der Waals surface area contributed by atoms with Crippen molar-refractivity contribution in [3.63, 3.8) is 0 Å². The first-order valence-electron chi connectivity index (χ1n) is 8.61. The molecule has 0 bridgehead atoms. The van der Waals surface area contributed by atoms with E-state index in [4.69, 9.17) is 5.11 Å². The molecule has 0 aliphatic carbocycles. The Balaban J connectivity index is 1.74. The van der Waals surface area contributed by atoms with Gasteiger partial charge in [0.05, 0.1) is 6.42 Å². The zero-order valence-corrected chi connectivity index (χ0v) is 14.8. The normalized spacial score (nSPS) is 10.8. The summed E-state index contributed by atoms with van der Waals surface area (Å²) in [6.45, 7) is 0.762. The van der Waals surface area contributed by atoms with E-state index in [2.05, 4.69) is 0 Å². The molecule has 0 fully saturated rings. The van der Waals surface area contributed by atoms with Gasteiger partial charge in [-0.1, -0.05) is 48.5 Å². The Morgan fingerprint density at radius 3 is 2.46 bits per heavy atom. The summed E-state index contributed by atoms with van der Waals surface area (Å²) in [7, 11) is 1.79. The first-order valence-corrected chi connectivity index (χ1v) is 8.61. The van der Waals surface area contributed by atoms with Crippen LogP contribution < -0.4 is 0 Å². The summed E-state index contributed by atoms with van der Waals surface area (Å²) in [5.74, 6) is -0.937. The maximum absolute atomic E-state index is 12.7. The van der Waals surface area contributed by atoms with Gasteiger partial charge in [0.15, 0.2) is 0 Å². The van der Waals surface area contributed by atoms with Gasteiger partial charge in [-0.2, -0.15) is 0 Å². The van der Waals surface area contributed by atoms with Gasteiger partial charge in [-0.05, 0) is 29.5 Å². The number of carbonyl (C=O) groups excluding carboxylic acids is 1. The van der Waals surface area contributed by atoms with Gasteiger partial charge in [0, 0.05) is 24.8 Å². The van der Waals surface area contributed by atoms with E-state index >= 15 is 0 Å². The molecule has 26 heavy (non-hydrogen) atoms. The number of likely N-dealkylation sites (N-methyl/N-ethyl adjacent to an activating group) is 1. The minimum absolute atomic E-state index is 0.0334. The average Bonchev–Trinajstić information content (AvgIpc) is 2.97. The maximum atomic E-state index is 12.7. The molecule has 1 aromatic heterocycles. The number of aliphatic carboxylic acids is 1. The fourth-order valence-electron chi connectivity index (χ4n) is 3.08. The Bertz CT molecular complexity index is 915. The molecule has 2 aromatic carbocycles. The van der Waals surface area contributed by atoms with Gasteiger partial charge >= 0.3 is 5.97 Å². The van der Waals surface area contributed by atoms with Crippen LogP contribution in [0.5, 0.6) is 0 Å². The topological polar surface area (TPSA) is 62.5 Å². The highest BCUT2D eigenvalue weighted by Gasteiger charge is 2.16. The molecule has 0 aliphatic heterocycles. The molecule has 3 aromatic rings. The second kappa shape index (κ2) is 7.87. The zero-order chi connectivity index (χ0) is 18.5. The Labute approximate surface area is 152 Å². The lowest BCUT2D eigenvalue weighted by Gasteiger charge is -2.19. The van der Waals surface area contributed by atoms with Crippen LogP contribution in [-0.2, 0) is 29.0 Å². The van der Waals surface area contributed by atoms with Crippen molar-refractivity contribution < 1.29 is 14.7 Å². The van der Waals surface area contributed by atoms with Crippen LogP contribution in [-0.4, -0.2) is 40.0 Å². The first kappa shape index (κ1) is 17.7. The van der Waals surface area contributed by atoms with Crippen molar-refractivity contribution in [2.45, 2.75) is 19.4 Å². The summed E-state index contributed by atoms with van der Waals surface area (Å²) in [5.41, 5.74) is 2.71. The highest BCUT2D eigenvalue weighted by Crippen LogP contribution is 2.20. The van der Waals surface area contributed by atoms with Crippen molar-refractivity contribution in [1.29, 1.82) is 0 Å². The van der Waals surface area contributed by atoms with Crippen LogP contribution in [0.3, 0.4) is 0 Å². The summed E-state index contributed by atoms with van der Waals surface area (Å²) < 4.78 is 1.81. The minimum Gasteiger partial charge on any atom is -0.481 e. The fraction of sp³-hybridized carbons (Fsp3) is 0.238. The Morgan fingerprint density at radius 2 is 1.73 bits per heavy atom. The summed E-state index contributed by atoms with van der Waals surface area (Å²) in [6.07, 6.45) is 0.688. The van der Waals surface area contributed by atoms with Crippen LogP contribution in [0.4, 0.5) is 0 Å². The van der Waals surface area contributed by atoms with Crippen molar-refractivity contribution in [3.8, 4) is 0 Å². The van der Waals surface area contributed by atoms with Crippen molar-refractivity contribution in [2.75, 3.05) is 13.6 Å². The van der Waals surface area contributed by atoms with Crippen molar-refractivity contribution in [1.82, 2.24) is 9.47 Å². The average molecular weight is 350 g/mol. The molecule has 0 aliphatic rings. The van der Waals surface area contributed by atoms with E-state index < -0.39 is 5.97 Å². The summed E-state index contributed by atoms with van der Waals surface area (Å²) in [6, 6.07) is 19.5. The molecular weight excluding hydrogens is 328 g/mol. The lowest BCUT2D eigenvalue weighted by molar-refractivity contribution is -0.136. The number of carboxylic acid groups (broad SMARTS) is 1. The maximum Gasteiger partial charge on any atom is 0.309 e. The van der Waals surface area contributed by atoms with E-state index in [0.717, 1.165) is 17.3 Å². The molecule has 5 nitrogen and oxygen atoms in total. The molecule has 134 valence electrons. The van der Waals surface area contributed by atoms with Crippen LogP contribution in [0, 0.1) is 0 Å². The summed E-state index contributed by atoms with van der Waals surface area (Å²) in [4.78, 5) is 25.5. The molecule has 0 radical (unpaired) electrons. The van der Waals surface area contributed by atoms with E-state index in [9.17, 15) is 9.59 Å². The zero-order valence-electron chi connectivity index (χ0n) is 14.8. The first-order chi connectivity index (χ1) is 12.5. The van der Waals surface area contributed by atoms with Gasteiger partial charge in [0.25, 0.3) is 0 Å². The number of hydrogen-bond acceptors (Lipinski definition) is 2. The van der Waals surface area contributed by atoms with E-state index in [0.29, 0.717) is 12.2 Å². The number of carbonyl (C=O) groups is 2. The number of amides is 1. The number of hydrogen-bond donors (Lipinski definition) is 1. The standard InChI is InChI=1S/C21H22N2O3/c1-22(12-11-16-7-3-2-4-8-16)20(24)15-23-18(14-21(25)26)13-17-9-5-6-10-19(17)23/h2-10,13H,11-12,14-15H2,1H3,(H,25,26). The molecular formula is C21H22N2O3. The number of rotatable bonds is 7. The third-order valence-corrected chi connectivity index (χ3v) is 4.53. The van der Waals surface area contributed by atoms with Crippen LogP contribution in [0.2, 0.25) is 0 Å². The number of benzene rings is 2. The highest BCUT2D eigenvalue weighted by molar-refractivity contribution is 5.85. The molecule has 1 amide bonds. The smallest absolute Gasteiger partial charge is 0.309 e. The second-order valence-corrected chi connectivity index (χ2v) is 6.40. The SMILES string of the molecule is CN(CCc1ccccc1)C(=O)Cn1c(CC(=O)O)cc2ccccc21. The molecule has 0 saturated carbocycles. The van der Waals surface area contributed by atoms with E-state index in [-0.39, 0.29) is 18.9 Å². The lowest BCUT2D eigenvalue weighted by atomic mass is 10.1. The quantitative estimate of drug-likeness (QED) is 0.712. The molecule has 0 spiro atoms. The largest absolute Gasteiger partial charge is 0.481 e. The van der Waals surface area contributed by atoms with Gasteiger partial charge < -0.3 is 14.6 Å². The highest BCUT2D eigenvalue weighted by atomic mass is 16.4. The lowest BCUT2D eigenvalue weighted by Crippen LogP contribution is -2.32. The van der Waals surface area contributed by atoms with Crippen LogP contribution in [0.15, 0.2) is 60.7 Å². The van der Waals surface area contributed by atoms with Crippen molar-refractivity contribution >= 4 is 22.8 Å². The molecule has 1 N–H and O–H groups in total. The number of para-hydroxylation sites is 1. The fourth-order valence-corrected chi connectivity index (χ4v) is 3.08. The Morgan fingerprint density at radius 1 is 1.04 bits per heavy atom. The Kier molecular flexibility index (Phi) is 5.37. The van der Waals surface area contributed by atoms with Crippen LogP contribution >= 0.6 is 0 Å². The molecule has 3 rings (SSSR count). The predicted molar refractivity (Wildman–Crippen MR) is 101 cm³/mol. The number of aromatic nitrogens is 1. The molecule has 0 unspecified atom stereocenters. The van der Waals surface area contributed by atoms with E-state index in [1.54, 1.807) is 11.9 Å². The number of carboxylic acids is 1. The second-order valence-electron chi connectivity index (χ2n) is 6.40. The van der Waals surface area contributed by atoms with Crippen molar-refractivity contribution in [3.05, 3.63) is 71.9 Å². The summed E-state index contributed by atoms with van der Waals surface area (Å²) in [5, 5.41) is 10.1. The van der Waals surface area contributed by atoms with Gasteiger partial charge in [0.2, 0.25) is 5.91 Å². The monoisotopic (exact) mass is 350 g/mol. The van der Waals surface area contributed by atoms with Crippen LogP contribution in [0.1, 0.15) is 11.3 Å². The number of nitrogens with zero attached hydrogens (tertiary/aromatic N) is 2. The Hall–Kier alpha value is -3.08. The predicted octanol–water partition coefficient (Wildman–Crippen LogP) is 2.97. The van der Waals surface area contributed by atoms with Gasteiger partial charge in [0.1, 0.15) is 6.54 Å². The molecule has 0 saturated heterocycles. The van der Waals surface area contributed by atoms with Gasteiger partial charge in [-0.25, -0.2) is 0 Å². The van der Waals surface area contributed by atoms with Gasteiger partial charge in [-0.3, -0.25) is 9.59 Å².